The molecule has 1 aliphatic rings. The first kappa shape index (κ1) is 9.40. The van der Waals surface area contributed by atoms with Gasteiger partial charge in [-0.25, -0.2) is 9.67 Å². The summed E-state index contributed by atoms with van der Waals surface area (Å²) in [5.74, 6) is 0.955. The van der Waals surface area contributed by atoms with Gasteiger partial charge in [-0.15, -0.1) is 0 Å². The van der Waals surface area contributed by atoms with E-state index in [1.54, 1.807) is 6.33 Å². The Bertz CT molecular complexity index is 340. The van der Waals surface area contributed by atoms with Gasteiger partial charge < -0.3 is 5.73 Å². The predicted molar refractivity (Wildman–Crippen MR) is 55.5 cm³/mol. The van der Waals surface area contributed by atoms with Gasteiger partial charge in [0.2, 0.25) is 0 Å². The molecule has 0 saturated heterocycles. The third-order valence-electron chi connectivity index (χ3n) is 2.64. The number of nitrogens with two attached hydrogens (primary N) is 1. The standard InChI is InChI=1S/C10H16N4/c1-2-14-10(12-7-13-14)6-8-3-4-9(11)5-8/h6-7,9H,2-5,11H2,1H3. The van der Waals surface area contributed by atoms with Crippen molar-refractivity contribution in [1.82, 2.24) is 14.8 Å². The summed E-state index contributed by atoms with van der Waals surface area (Å²) in [4.78, 5) is 4.21. The molecule has 0 bridgehead atoms. The van der Waals surface area contributed by atoms with Crippen LogP contribution in [0.5, 0.6) is 0 Å². The summed E-state index contributed by atoms with van der Waals surface area (Å²) in [6.45, 7) is 2.93. The highest BCUT2D eigenvalue weighted by molar-refractivity contribution is 5.46. The molecule has 1 aliphatic carbocycles. The molecule has 4 nitrogen and oxygen atoms in total. The summed E-state index contributed by atoms with van der Waals surface area (Å²) in [7, 11) is 0. The molecular formula is C10H16N4. The SMILES string of the molecule is CCn1ncnc1C=C1CCC(N)C1. The van der Waals surface area contributed by atoms with E-state index in [2.05, 4.69) is 23.1 Å². The Hall–Kier alpha value is -1.16. The normalized spacial score (nSPS) is 24.7. The van der Waals surface area contributed by atoms with Gasteiger partial charge in [0.25, 0.3) is 0 Å². The van der Waals surface area contributed by atoms with Crippen molar-refractivity contribution < 1.29 is 0 Å². The zero-order valence-corrected chi connectivity index (χ0v) is 8.48. The molecule has 1 fully saturated rings. The van der Waals surface area contributed by atoms with Gasteiger partial charge in [0.15, 0.2) is 5.82 Å². The van der Waals surface area contributed by atoms with E-state index >= 15 is 0 Å². The Kier molecular flexibility index (Phi) is 2.63. The average molecular weight is 192 g/mol. The van der Waals surface area contributed by atoms with Crippen molar-refractivity contribution in [3.8, 4) is 0 Å². The highest BCUT2D eigenvalue weighted by atomic mass is 15.3. The van der Waals surface area contributed by atoms with E-state index in [0.29, 0.717) is 6.04 Å². The van der Waals surface area contributed by atoms with Gasteiger partial charge in [0, 0.05) is 12.6 Å². The molecule has 2 rings (SSSR count). The molecule has 1 atom stereocenters. The minimum atomic E-state index is 0.347. The first-order valence-corrected chi connectivity index (χ1v) is 5.12. The van der Waals surface area contributed by atoms with Gasteiger partial charge >= 0.3 is 0 Å². The molecule has 14 heavy (non-hydrogen) atoms. The third-order valence-corrected chi connectivity index (χ3v) is 2.64. The van der Waals surface area contributed by atoms with Crippen LogP contribution < -0.4 is 5.73 Å². The Morgan fingerprint density at radius 2 is 2.57 bits per heavy atom. The van der Waals surface area contributed by atoms with Crippen LogP contribution in [-0.2, 0) is 6.54 Å². The van der Waals surface area contributed by atoms with Gasteiger partial charge in [0.05, 0.1) is 0 Å². The smallest absolute Gasteiger partial charge is 0.150 e. The van der Waals surface area contributed by atoms with Gasteiger partial charge in [-0.1, -0.05) is 5.57 Å². The first-order chi connectivity index (χ1) is 6.79. The van der Waals surface area contributed by atoms with Crippen molar-refractivity contribution in [3.05, 3.63) is 17.7 Å². The maximum absolute atomic E-state index is 5.84. The molecule has 1 heterocycles. The molecule has 0 radical (unpaired) electrons. The molecule has 0 aromatic carbocycles. The highest BCUT2D eigenvalue weighted by Crippen LogP contribution is 2.24. The molecule has 4 heteroatoms. The van der Waals surface area contributed by atoms with Gasteiger partial charge in [-0.2, -0.15) is 5.10 Å². The van der Waals surface area contributed by atoms with Crippen LogP contribution in [0.3, 0.4) is 0 Å². The van der Waals surface area contributed by atoms with Crippen molar-refractivity contribution in [3.63, 3.8) is 0 Å². The number of hydrogen-bond acceptors (Lipinski definition) is 3. The minimum absolute atomic E-state index is 0.347. The van der Waals surface area contributed by atoms with Crippen LogP contribution in [0.1, 0.15) is 32.0 Å². The second-order valence-electron chi connectivity index (χ2n) is 3.74. The Morgan fingerprint density at radius 3 is 3.21 bits per heavy atom. The topological polar surface area (TPSA) is 56.7 Å². The van der Waals surface area contributed by atoms with Gasteiger partial charge in [-0.05, 0) is 32.3 Å². The molecule has 0 aliphatic heterocycles. The van der Waals surface area contributed by atoms with E-state index in [4.69, 9.17) is 5.73 Å². The fourth-order valence-corrected chi connectivity index (χ4v) is 1.85. The summed E-state index contributed by atoms with van der Waals surface area (Å²) in [6, 6.07) is 0.347. The molecule has 1 unspecified atom stereocenters. The van der Waals surface area contributed by atoms with E-state index in [1.807, 2.05) is 4.68 Å². The summed E-state index contributed by atoms with van der Waals surface area (Å²) in [5, 5.41) is 4.13. The number of aryl methyl sites for hydroxylation is 1. The van der Waals surface area contributed by atoms with Gasteiger partial charge in [0.1, 0.15) is 6.33 Å². The lowest BCUT2D eigenvalue weighted by molar-refractivity contribution is 0.650. The molecule has 0 amide bonds. The van der Waals surface area contributed by atoms with E-state index < -0.39 is 0 Å². The molecule has 2 N–H and O–H groups in total. The van der Waals surface area contributed by atoms with Crippen LogP contribution in [-0.4, -0.2) is 20.8 Å². The predicted octanol–water partition coefficient (Wildman–Crippen LogP) is 1.19. The molecule has 1 saturated carbocycles. The Labute approximate surface area is 83.8 Å². The van der Waals surface area contributed by atoms with Crippen molar-refractivity contribution in [1.29, 1.82) is 0 Å². The molecule has 76 valence electrons. The number of nitrogens with zero attached hydrogens (tertiary/aromatic N) is 3. The lowest BCUT2D eigenvalue weighted by Gasteiger charge is -1.99. The lowest BCUT2D eigenvalue weighted by atomic mass is 10.2. The molecule has 1 aromatic heterocycles. The van der Waals surface area contributed by atoms with Crippen LogP contribution in [0, 0.1) is 0 Å². The number of rotatable bonds is 2. The van der Waals surface area contributed by atoms with Crippen LogP contribution in [0.2, 0.25) is 0 Å². The fourth-order valence-electron chi connectivity index (χ4n) is 1.85. The van der Waals surface area contributed by atoms with Crippen molar-refractivity contribution in [2.24, 2.45) is 5.73 Å². The van der Waals surface area contributed by atoms with E-state index in [-0.39, 0.29) is 0 Å². The molecular weight excluding hydrogens is 176 g/mol. The summed E-state index contributed by atoms with van der Waals surface area (Å²) >= 11 is 0. The van der Waals surface area contributed by atoms with E-state index in [0.717, 1.165) is 31.6 Å². The first-order valence-electron chi connectivity index (χ1n) is 5.12. The summed E-state index contributed by atoms with van der Waals surface area (Å²) < 4.78 is 1.90. The van der Waals surface area contributed by atoms with Crippen molar-refractivity contribution >= 4 is 6.08 Å². The van der Waals surface area contributed by atoms with Crippen LogP contribution in [0.4, 0.5) is 0 Å². The second-order valence-corrected chi connectivity index (χ2v) is 3.74. The minimum Gasteiger partial charge on any atom is -0.327 e. The van der Waals surface area contributed by atoms with Crippen LogP contribution >= 0.6 is 0 Å². The maximum atomic E-state index is 5.84. The molecule has 0 spiro atoms. The summed E-state index contributed by atoms with van der Waals surface area (Å²) in [5.41, 5.74) is 7.24. The average Bonchev–Trinajstić information content (AvgIpc) is 2.76. The van der Waals surface area contributed by atoms with Crippen LogP contribution in [0.25, 0.3) is 6.08 Å². The second kappa shape index (κ2) is 3.92. The zero-order chi connectivity index (χ0) is 9.97. The van der Waals surface area contributed by atoms with E-state index in [1.165, 1.54) is 5.57 Å². The number of hydrogen-bond donors (Lipinski definition) is 1. The zero-order valence-electron chi connectivity index (χ0n) is 8.48. The van der Waals surface area contributed by atoms with E-state index in [9.17, 15) is 0 Å². The fraction of sp³-hybridized carbons (Fsp3) is 0.600. The Morgan fingerprint density at radius 1 is 1.71 bits per heavy atom. The number of aromatic nitrogens is 3. The van der Waals surface area contributed by atoms with Crippen molar-refractivity contribution in [2.75, 3.05) is 0 Å². The van der Waals surface area contributed by atoms with Gasteiger partial charge in [-0.3, -0.25) is 0 Å². The highest BCUT2D eigenvalue weighted by Gasteiger charge is 2.15. The maximum Gasteiger partial charge on any atom is 0.150 e. The third kappa shape index (κ3) is 1.85. The lowest BCUT2D eigenvalue weighted by Crippen LogP contribution is -2.13. The Balaban J connectivity index is 2.16. The summed E-state index contributed by atoms with van der Waals surface area (Å²) in [6.07, 6.45) is 6.95. The largest absolute Gasteiger partial charge is 0.327 e. The quantitative estimate of drug-likeness (QED) is 0.765. The monoisotopic (exact) mass is 192 g/mol. The van der Waals surface area contributed by atoms with Crippen LogP contribution in [0.15, 0.2) is 11.9 Å². The van der Waals surface area contributed by atoms with Crippen molar-refractivity contribution in [2.45, 2.75) is 38.8 Å². The molecule has 1 aromatic rings.